The van der Waals surface area contributed by atoms with Crippen LogP contribution in [0.5, 0.6) is 11.5 Å². The Hall–Kier alpha value is -1.53. The maximum absolute atomic E-state index is 12.4. The molecule has 3 rings (SSSR count). The van der Waals surface area contributed by atoms with Gasteiger partial charge in [-0.05, 0) is 60.7 Å². The molecule has 0 bridgehead atoms. The molecule has 0 aliphatic heterocycles. The Morgan fingerprint density at radius 2 is 1.76 bits per heavy atom. The van der Waals surface area contributed by atoms with Gasteiger partial charge < -0.3 is 14.2 Å². The highest BCUT2D eigenvalue weighted by Crippen LogP contribution is 2.34. The lowest BCUT2D eigenvalue weighted by Gasteiger charge is -2.19. The molecular formula is C23H26Br2O4. The first-order valence-corrected chi connectivity index (χ1v) is 11.5. The van der Waals surface area contributed by atoms with Gasteiger partial charge in [-0.15, -0.1) is 0 Å². The molecule has 29 heavy (non-hydrogen) atoms. The van der Waals surface area contributed by atoms with Crippen molar-refractivity contribution in [2.75, 3.05) is 14.2 Å². The Bertz CT molecular complexity index is 827. The van der Waals surface area contributed by atoms with E-state index in [9.17, 15) is 4.79 Å². The van der Waals surface area contributed by atoms with Crippen LogP contribution in [0.25, 0.3) is 0 Å². The third-order valence-electron chi connectivity index (χ3n) is 5.41. The van der Waals surface area contributed by atoms with Gasteiger partial charge in [-0.25, -0.2) is 4.79 Å². The Morgan fingerprint density at radius 1 is 1.07 bits per heavy atom. The highest BCUT2D eigenvalue weighted by molar-refractivity contribution is 9.11. The topological polar surface area (TPSA) is 44.8 Å². The van der Waals surface area contributed by atoms with Gasteiger partial charge in [0, 0.05) is 14.5 Å². The standard InChI is InChI=1S/C23H26Br2O4/c1-27-21-10-9-20(13-16(21)8-7-15-5-3-4-6-15)29-22(23(26)28-2)17-11-18(24)14-19(25)12-17/h9-15,22H,3-8H2,1-2H3. The first-order valence-electron chi connectivity index (χ1n) is 9.87. The van der Waals surface area contributed by atoms with Crippen LogP contribution in [0.4, 0.5) is 0 Å². The molecule has 156 valence electrons. The number of ether oxygens (including phenoxy) is 3. The lowest BCUT2D eigenvalue weighted by Crippen LogP contribution is -2.20. The molecule has 2 aromatic carbocycles. The summed E-state index contributed by atoms with van der Waals surface area (Å²) in [6.07, 6.45) is 6.56. The summed E-state index contributed by atoms with van der Waals surface area (Å²) in [6.45, 7) is 0. The van der Waals surface area contributed by atoms with E-state index in [1.165, 1.54) is 32.8 Å². The molecule has 0 saturated heterocycles. The van der Waals surface area contributed by atoms with Gasteiger partial charge in [0.2, 0.25) is 6.10 Å². The fourth-order valence-electron chi connectivity index (χ4n) is 3.90. The van der Waals surface area contributed by atoms with Crippen LogP contribution in [0.1, 0.15) is 49.3 Å². The molecule has 0 radical (unpaired) electrons. The quantitative estimate of drug-likeness (QED) is 0.362. The van der Waals surface area contributed by atoms with Crippen molar-refractivity contribution in [2.24, 2.45) is 5.92 Å². The number of carbonyl (C=O) groups excluding carboxylic acids is 1. The van der Waals surface area contributed by atoms with E-state index in [-0.39, 0.29) is 0 Å². The number of hydrogen-bond donors (Lipinski definition) is 0. The van der Waals surface area contributed by atoms with Crippen molar-refractivity contribution in [3.05, 3.63) is 56.5 Å². The first-order chi connectivity index (χ1) is 14.0. The second-order valence-corrected chi connectivity index (χ2v) is 9.22. The van der Waals surface area contributed by atoms with Crippen LogP contribution in [-0.4, -0.2) is 20.2 Å². The summed E-state index contributed by atoms with van der Waals surface area (Å²) in [5.74, 6) is 1.83. The average molecular weight is 526 g/mol. The molecule has 0 amide bonds. The number of benzene rings is 2. The van der Waals surface area contributed by atoms with Crippen LogP contribution >= 0.6 is 31.9 Å². The Morgan fingerprint density at radius 3 is 2.38 bits per heavy atom. The lowest BCUT2D eigenvalue weighted by atomic mass is 9.97. The van der Waals surface area contributed by atoms with Gasteiger partial charge in [-0.1, -0.05) is 57.5 Å². The zero-order valence-electron chi connectivity index (χ0n) is 16.8. The highest BCUT2D eigenvalue weighted by atomic mass is 79.9. The lowest BCUT2D eigenvalue weighted by molar-refractivity contribution is -0.149. The molecule has 6 heteroatoms. The minimum atomic E-state index is -0.857. The molecule has 4 nitrogen and oxygen atoms in total. The van der Waals surface area contributed by atoms with E-state index in [0.717, 1.165) is 39.0 Å². The predicted molar refractivity (Wildman–Crippen MR) is 121 cm³/mol. The van der Waals surface area contributed by atoms with Gasteiger partial charge >= 0.3 is 5.97 Å². The maximum Gasteiger partial charge on any atom is 0.351 e. The van der Waals surface area contributed by atoms with E-state index in [0.29, 0.717) is 11.3 Å². The van der Waals surface area contributed by atoms with E-state index in [1.54, 1.807) is 7.11 Å². The molecule has 1 atom stereocenters. The third kappa shape index (κ3) is 5.98. The molecular weight excluding hydrogens is 500 g/mol. The molecule has 0 N–H and O–H groups in total. The van der Waals surface area contributed by atoms with Crippen LogP contribution in [0.15, 0.2) is 45.3 Å². The molecule has 0 aromatic heterocycles. The molecule has 1 saturated carbocycles. The second-order valence-electron chi connectivity index (χ2n) is 7.39. The van der Waals surface area contributed by atoms with Gasteiger partial charge in [0.25, 0.3) is 0 Å². The molecule has 1 aliphatic rings. The molecule has 2 aromatic rings. The van der Waals surface area contributed by atoms with Crippen molar-refractivity contribution in [2.45, 2.75) is 44.6 Å². The largest absolute Gasteiger partial charge is 0.496 e. The van der Waals surface area contributed by atoms with Gasteiger partial charge in [0.15, 0.2) is 0 Å². The molecule has 0 spiro atoms. The Kier molecular flexibility index (Phi) is 8.01. The van der Waals surface area contributed by atoms with Crippen molar-refractivity contribution in [1.82, 2.24) is 0 Å². The minimum Gasteiger partial charge on any atom is -0.496 e. The second kappa shape index (κ2) is 10.5. The fourth-order valence-corrected chi connectivity index (χ4v) is 5.23. The average Bonchev–Trinajstić information content (AvgIpc) is 3.23. The zero-order valence-corrected chi connectivity index (χ0v) is 19.9. The first kappa shape index (κ1) is 22.2. The Labute approximate surface area is 189 Å². The number of methoxy groups -OCH3 is 2. The van der Waals surface area contributed by atoms with Crippen LogP contribution < -0.4 is 9.47 Å². The summed E-state index contributed by atoms with van der Waals surface area (Å²) in [7, 11) is 3.05. The fraction of sp³-hybridized carbons (Fsp3) is 0.435. The van der Waals surface area contributed by atoms with Crippen LogP contribution in [0.2, 0.25) is 0 Å². The van der Waals surface area contributed by atoms with Crippen molar-refractivity contribution in [3.8, 4) is 11.5 Å². The predicted octanol–water partition coefficient (Wildman–Crippen LogP) is 6.64. The van der Waals surface area contributed by atoms with E-state index in [2.05, 4.69) is 31.9 Å². The van der Waals surface area contributed by atoms with E-state index < -0.39 is 12.1 Å². The highest BCUT2D eigenvalue weighted by Gasteiger charge is 2.25. The number of aryl methyl sites for hydroxylation is 1. The SMILES string of the molecule is COC(=O)C(Oc1ccc(OC)c(CCC2CCCC2)c1)c1cc(Br)cc(Br)c1. The van der Waals surface area contributed by atoms with Crippen LogP contribution in [0.3, 0.4) is 0 Å². The van der Waals surface area contributed by atoms with Gasteiger partial charge in [-0.3, -0.25) is 0 Å². The third-order valence-corrected chi connectivity index (χ3v) is 6.32. The summed E-state index contributed by atoms with van der Waals surface area (Å²) in [5, 5.41) is 0. The number of esters is 1. The summed E-state index contributed by atoms with van der Waals surface area (Å²) < 4.78 is 18.3. The molecule has 1 unspecified atom stereocenters. The number of halogens is 2. The monoisotopic (exact) mass is 524 g/mol. The molecule has 0 heterocycles. The van der Waals surface area contributed by atoms with E-state index >= 15 is 0 Å². The van der Waals surface area contributed by atoms with Gasteiger partial charge in [-0.2, -0.15) is 0 Å². The van der Waals surface area contributed by atoms with Crippen molar-refractivity contribution >= 4 is 37.8 Å². The van der Waals surface area contributed by atoms with Crippen LogP contribution in [0, 0.1) is 5.92 Å². The van der Waals surface area contributed by atoms with E-state index in [1.807, 2.05) is 36.4 Å². The molecule has 1 aliphatic carbocycles. The van der Waals surface area contributed by atoms with Crippen LogP contribution in [-0.2, 0) is 16.0 Å². The summed E-state index contributed by atoms with van der Waals surface area (Å²) in [4.78, 5) is 12.4. The van der Waals surface area contributed by atoms with Crippen molar-refractivity contribution < 1.29 is 19.0 Å². The Balaban J connectivity index is 1.82. The maximum atomic E-state index is 12.4. The van der Waals surface area contributed by atoms with Crippen molar-refractivity contribution in [3.63, 3.8) is 0 Å². The number of rotatable bonds is 8. The van der Waals surface area contributed by atoms with Gasteiger partial charge in [0.1, 0.15) is 11.5 Å². The summed E-state index contributed by atoms with van der Waals surface area (Å²) in [6, 6.07) is 11.3. The van der Waals surface area contributed by atoms with E-state index in [4.69, 9.17) is 14.2 Å². The summed E-state index contributed by atoms with van der Waals surface area (Å²) in [5.41, 5.74) is 1.82. The van der Waals surface area contributed by atoms with Crippen molar-refractivity contribution in [1.29, 1.82) is 0 Å². The smallest absolute Gasteiger partial charge is 0.351 e. The summed E-state index contributed by atoms with van der Waals surface area (Å²) >= 11 is 6.93. The number of hydrogen-bond acceptors (Lipinski definition) is 4. The normalized spacial score (nSPS) is 15.2. The molecule has 1 fully saturated rings. The minimum absolute atomic E-state index is 0.446. The zero-order chi connectivity index (χ0) is 20.8. The van der Waals surface area contributed by atoms with Gasteiger partial charge in [0.05, 0.1) is 14.2 Å². The number of carbonyl (C=O) groups is 1.